The van der Waals surface area contributed by atoms with Crippen LogP contribution < -0.4 is 24.8 Å². The molecule has 9 nitrogen and oxygen atoms in total. The van der Waals surface area contributed by atoms with Crippen LogP contribution in [0, 0.1) is 6.92 Å². The number of amides is 1. The van der Waals surface area contributed by atoms with E-state index < -0.39 is 0 Å². The van der Waals surface area contributed by atoms with Crippen LogP contribution in [0.25, 0.3) is 22.2 Å². The molecule has 0 fully saturated rings. The van der Waals surface area contributed by atoms with Gasteiger partial charge in [-0.3, -0.25) is 4.79 Å². The summed E-state index contributed by atoms with van der Waals surface area (Å²) in [5.74, 6) is 0.984. The van der Waals surface area contributed by atoms with Crippen LogP contribution in [0.15, 0.2) is 49.2 Å². The molecule has 2 heterocycles. The lowest BCUT2D eigenvalue weighted by Gasteiger charge is -2.17. The number of anilines is 3. The summed E-state index contributed by atoms with van der Waals surface area (Å²) in [4.78, 5) is 25.9. The summed E-state index contributed by atoms with van der Waals surface area (Å²) in [6, 6.07) is 8.89. The van der Waals surface area contributed by atoms with E-state index in [4.69, 9.17) is 47.4 Å². The van der Waals surface area contributed by atoms with Gasteiger partial charge in [0.15, 0.2) is 0 Å². The van der Waals surface area contributed by atoms with E-state index in [9.17, 15) is 4.79 Å². The number of benzene rings is 2. The minimum Gasteiger partial charge on any atom is -0.495 e. The lowest BCUT2D eigenvalue weighted by atomic mass is 10.1. The van der Waals surface area contributed by atoms with Gasteiger partial charge in [-0.25, -0.2) is 15.0 Å². The van der Waals surface area contributed by atoms with Gasteiger partial charge in [0.2, 0.25) is 17.7 Å². The average Bonchev–Trinajstić information content (AvgIpc) is 2.90. The molecule has 0 saturated carbocycles. The second-order valence-electron chi connectivity index (χ2n) is 8.71. The standard InChI is InChI=1S/C28H27Cl2N5O4/c1-7-21(36)32-17-10-8-9-15(4)25(17)34-28-31-13-16-11-18(33-27(26(16)35-28)39-14(2)3)22-23(29)19(37-5)12-20(38-6)24(22)30/h7-14H,1H2,2-6H3,(H,32,36)(H,31,34,35). The molecule has 4 aromatic rings. The lowest BCUT2D eigenvalue weighted by Crippen LogP contribution is -2.11. The zero-order valence-corrected chi connectivity index (χ0v) is 23.6. The maximum Gasteiger partial charge on any atom is 0.247 e. The first-order valence-electron chi connectivity index (χ1n) is 11.9. The molecule has 0 aliphatic rings. The maximum absolute atomic E-state index is 11.9. The van der Waals surface area contributed by atoms with Crippen LogP contribution >= 0.6 is 23.2 Å². The normalized spacial score (nSPS) is 10.9. The Morgan fingerprint density at radius 2 is 1.77 bits per heavy atom. The average molecular weight is 568 g/mol. The lowest BCUT2D eigenvalue weighted by molar-refractivity contribution is -0.111. The fourth-order valence-electron chi connectivity index (χ4n) is 3.85. The summed E-state index contributed by atoms with van der Waals surface area (Å²) in [5, 5.41) is 7.19. The molecular weight excluding hydrogens is 541 g/mol. The van der Waals surface area contributed by atoms with Gasteiger partial charge in [0, 0.05) is 23.2 Å². The third-order valence-corrected chi connectivity index (χ3v) is 6.41. The number of hydrogen-bond donors (Lipinski definition) is 2. The molecule has 11 heteroatoms. The summed E-state index contributed by atoms with van der Waals surface area (Å²) in [6.45, 7) is 9.19. The molecule has 39 heavy (non-hydrogen) atoms. The van der Waals surface area contributed by atoms with Gasteiger partial charge in [-0.05, 0) is 44.5 Å². The monoisotopic (exact) mass is 567 g/mol. The summed E-state index contributed by atoms with van der Waals surface area (Å²) in [7, 11) is 3.01. The third-order valence-electron chi connectivity index (χ3n) is 5.66. The molecule has 2 N–H and O–H groups in total. The predicted octanol–water partition coefficient (Wildman–Crippen LogP) is 6.98. The quantitative estimate of drug-likeness (QED) is 0.208. The van der Waals surface area contributed by atoms with Crippen LogP contribution in [0.2, 0.25) is 10.0 Å². The number of aryl methyl sites for hydroxylation is 1. The zero-order valence-electron chi connectivity index (χ0n) is 22.1. The van der Waals surface area contributed by atoms with Crippen LogP contribution in [0.3, 0.4) is 0 Å². The van der Waals surface area contributed by atoms with E-state index in [1.54, 1.807) is 24.4 Å². The topological polar surface area (TPSA) is 107 Å². The largest absolute Gasteiger partial charge is 0.495 e. The van der Waals surface area contributed by atoms with Gasteiger partial charge >= 0.3 is 0 Å². The summed E-state index contributed by atoms with van der Waals surface area (Å²) in [6.07, 6.45) is 2.64. The number of nitrogens with zero attached hydrogens (tertiary/aromatic N) is 3. The van der Waals surface area contributed by atoms with E-state index in [0.717, 1.165) is 5.56 Å². The Hall–Kier alpha value is -4.08. The molecule has 202 valence electrons. The predicted molar refractivity (Wildman–Crippen MR) is 155 cm³/mol. The minimum atomic E-state index is -0.334. The van der Waals surface area contributed by atoms with Crippen molar-refractivity contribution < 1.29 is 19.0 Å². The molecule has 0 radical (unpaired) electrons. The van der Waals surface area contributed by atoms with Crippen molar-refractivity contribution >= 4 is 57.3 Å². The fraction of sp³-hybridized carbons (Fsp3) is 0.214. The minimum absolute atomic E-state index is 0.204. The number of ether oxygens (including phenoxy) is 3. The van der Waals surface area contributed by atoms with Crippen LogP contribution in [0.4, 0.5) is 17.3 Å². The number of methoxy groups -OCH3 is 2. The Morgan fingerprint density at radius 3 is 2.38 bits per heavy atom. The highest BCUT2D eigenvalue weighted by Crippen LogP contribution is 2.46. The van der Waals surface area contributed by atoms with Crippen molar-refractivity contribution in [2.45, 2.75) is 26.9 Å². The van der Waals surface area contributed by atoms with Crippen molar-refractivity contribution in [1.29, 1.82) is 0 Å². The first kappa shape index (κ1) is 27.9. The SMILES string of the molecule is C=CC(=O)Nc1cccc(C)c1Nc1ncc2cc(-c3c(Cl)c(OC)cc(OC)c3Cl)nc(OC(C)C)c2n1. The highest BCUT2D eigenvalue weighted by molar-refractivity contribution is 6.41. The molecule has 2 aromatic heterocycles. The van der Waals surface area contributed by atoms with Gasteiger partial charge in [0.25, 0.3) is 0 Å². The number of nitrogens with one attached hydrogen (secondary N) is 2. The second kappa shape index (κ2) is 11.8. The third kappa shape index (κ3) is 5.84. The Bertz CT molecular complexity index is 1550. The van der Waals surface area contributed by atoms with Gasteiger partial charge < -0.3 is 24.8 Å². The molecule has 0 bridgehead atoms. The molecule has 1 amide bonds. The van der Waals surface area contributed by atoms with Gasteiger partial charge in [-0.15, -0.1) is 0 Å². The number of para-hydroxylation sites is 1. The first-order chi connectivity index (χ1) is 18.7. The number of fused-ring (bicyclic) bond motifs is 1. The Labute approximate surface area is 236 Å². The van der Waals surface area contributed by atoms with Crippen molar-refractivity contribution in [2.75, 3.05) is 24.9 Å². The van der Waals surface area contributed by atoms with Crippen LogP contribution in [-0.2, 0) is 4.79 Å². The number of pyridine rings is 1. The second-order valence-corrected chi connectivity index (χ2v) is 9.47. The van der Waals surface area contributed by atoms with Crippen molar-refractivity contribution in [3.63, 3.8) is 0 Å². The van der Waals surface area contributed by atoms with Crippen molar-refractivity contribution in [3.05, 3.63) is 64.8 Å². The highest BCUT2D eigenvalue weighted by atomic mass is 35.5. The molecular formula is C28H27Cl2N5O4. The van der Waals surface area contributed by atoms with E-state index in [-0.39, 0.29) is 33.9 Å². The van der Waals surface area contributed by atoms with Crippen LogP contribution in [0.5, 0.6) is 17.4 Å². The maximum atomic E-state index is 11.9. The van der Waals surface area contributed by atoms with Crippen molar-refractivity contribution in [3.8, 4) is 28.6 Å². The smallest absolute Gasteiger partial charge is 0.247 e. The molecule has 0 spiro atoms. The first-order valence-corrected chi connectivity index (χ1v) is 12.7. The molecule has 4 rings (SSSR count). The van der Waals surface area contributed by atoms with Crippen molar-refractivity contribution in [2.24, 2.45) is 0 Å². The summed E-state index contributed by atoms with van der Waals surface area (Å²) < 4.78 is 16.9. The van der Waals surface area contributed by atoms with E-state index in [1.807, 2.05) is 32.9 Å². The van der Waals surface area contributed by atoms with Gasteiger partial charge in [0.1, 0.15) is 17.0 Å². The van der Waals surface area contributed by atoms with E-state index in [1.165, 1.54) is 20.3 Å². The summed E-state index contributed by atoms with van der Waals surface area (Å²) >= 11 is 13.3. The molecule has 0 atom stereocenters. The molecule has 0 aliphatic heterocycles. The zero-order chi connectivity index (χ0) is 28.3. The van der Waals surface area contributed by atoms with E-state index >= 15 is 0 Å². The Kier molecular flexibility index (Phi) is 8.42. The number of rotatable bonds is 9. The molecule has 0 unspecified atom stereocenters. The van der Waals surface area contributed by atoms with Crippen LogP contribution in [0.1, 0.15) is 19.4 Å². The van der Waals surface area contributed by atoms with Crippen molar-refractivity contribution in [1.82, 2.24) is 15.0 Å². The highest BCUT2D eigenvalue weighted by Gasteiger charge is 2.22. The fourth-order valence-corrected chi connectivity index (χ4v) is 4.54. The Morgan fingerprint density at radius 1 is 1.08 bits per heavy atom. The van der Waals surface area contributed by atoms with Gasteiger partial charge in [-0.1, -0.05) is 41.9 Å². The number of carbonyl (C=O) groups is 1. The Balaban J connectivity index is 1.86. The van der Waals surface area contributed by atoms with Gasteiger partial charge in [-0.2, -0.15) is 0 Å². The number of halogens is 2. The number of carbonyl (C=O) groups excluding carboxylic acids is 1. The van der Waals surface area contributed by atoms with Gasteiger partial charge in [0.05, 0.1) is 47.4 Å². The number of hydrogen-bond acceptors (Lipinski definition) is 8. The molecule has 0 saturated heterocycles. The number of aromatic nitrogens is 3. The van der Waals surface area contributed by atoms with Crippen LogP contribution in [-0.4, -0.2) is 41.2 Å². The summed E-state index contributed by atoms with van der Waals surface area (Å²) in [5.41, 5.74) is 3.41. The molecule has 2 aromatic carbocycles. The van der Waals surface area contributed by atoms with E-state index in [2.05, 4.69) is 22.2 Å². The van der Waals surface area contributed by atoms with E-state index in [0.29, 0.717) is 45.0 Å². The molecule has 0 aliphatic carbocycles.